The van der Waals surface area contributed by atoms with E-state index in [0.29, 0.717) is 11.6 Å². The Morgan fingerprint density at radius 3 is 2.30 bits per heavy atom. The Morgan fingerprint density at radius 1 is 0.733 bits per heavy atom. The largest absolute Gasteiger partial charge is 0.337 e. The third-order valence-electron chi connectivity index (χ3n) is 4.72. The molecule has 146 valence electrons. The van der Waals surface area contributed by atoms with Crippen molar-refractivity contribution in [1.82, 2.24) is 15.0 Å². The molecule has 0 radical (unpaired) electrons. The lowest BCUT2D eigenvalue weighted by molar-refractivity contribution is 1.28. The molecule has 0 aliphatic heterocycles. The molecule has 0 fully saturated rings. The third-order valence-corrected chi connectivity index (χ3v) is 5.53. The number of aromatic nitrogens is 3. The molecule has 5 rings (SSSR count). The Balaban J connectivity index is 1.49. The SMILES string of the molecule is Cc1ccc(SNc2nc3ccccc3nc2Nc2ccc3ncccc3c2)cc1. The molecular formula is C24H19N5S. The number of rotatable bonds is 5. The van der Waals surface area contributed by atoms with Crippen molar-refractivity contribution < 1.29 is 0 Å². The van der Waals surface area contributed by atoms with Gasteiger partial charge in [-0.25, -0.2) is 9.97 Å². The van der Waals surface area contributed by atoms with E-state index in [0.717, 1.165) is 32.5 Å². The van der Waals surface area contributed by atoms with Crippen LogP contribution in [0.1, 0.15) is 5.56 Å². The first kappa shape index (κ1) is 18.4. The third kappa shape index (κ3) is 3.90. The van der Waals surface area contributed by atoms with Gasteiger partial charge < -0.3 is 10.0 Å². The molecule has 0 bridgehead atoms. The van der Waals surface area contributed by atoms with Crippen LogP contribution in [0.5, 0.6) is 0 Å². The second kappa shape index (κ2) is 8.00. The maximum absolute atomic E-state index is 4.81. The maximum atomic E-state index is 4.81. The number of hydrogen-bond acceptors (Lipinski definition) is 6. The summed E-state index contributed by atoms with van der Waals surface area (Å²) in [4.78, 5) is 15.1. The number of pyridine rings is 1. The van der Waals surface area contributed by atoms with Gasteiger partial charge in [0, 0.05) is 22.2 Å². The Labute approximate surface area is 178 Å². The van der Waals surface area contributed by atoms with Crippen LogP contribution in [0.25, 0.3) is 21.9 Å². The summed E-state index contributed by atoms with van der Waals surface area (Å²) in [6.07, 6.45) is 1.80. The van der Waals surface area contributed by atoms with E-state index in [9.17, 15) is 0 Å². The smallest absolute Gasteiger partial charge is 0.180 e. The predicted molar refractivity (Wildman–Crippen MR) is 125 cm³/mol. The second-order valence-electron chi connectivity index (χ2n) is 6.96. The van der Waals surface area contributed by atoms with E-state index < -0.39 is 0 Å². The van der Waals surface area contributed by atoms with Gasteiger partial charge in [0.15, 0.2) is 11.6 Å². The van der Waals surface area contributed by atoms with Crippen LogP contribution in [0.15, 0.2) is 90.0 Å². The summed E-state index contributed by atoms with van der Waals surface area (Å²) in [5, 5.41) is 4.49. The fourth-order valence-corrected chi connectivity index (χ4v) is 3.79. The zero-order valence-electron chi connectivity index (χ0n) is 16.3. The summed E-state index contributed by atoms with van der Waals surface area (Å²) in [5.41, 5.74) is 4.81. The average Bonchev–Trinajstić information content (AvgIpc) is 2.78. The quantitative estimate of drug-likeness (QED) is 0.330. The van der Waals surface area contributed by atoms with E-state index in [2.05, 4.69) is 52.3 Å². The van der Waals surface area contributed by atoms with Gasteiger partial charge in [-0.15, -0.1) is 0 Å². The van der Waals surface area contributed by atoms with Gasteiger partial charge in [-0.1, -0.05) is 35.9 Å². The van der Waals surface area contributed by atoms with Crippen molar-refractivity contribution in [2.45, 2.75) is 11.8 Å². The molecule has 0 atom stereocenters. The molecule has 0 aliphatic carbocycles. The number of benzene rings is 3. The molecule has 2 heterocycles. The predicted octanol–water partition coefficient (Wildman–Crippen LogP) is 6.35. The summed E-state index contributed by atoms with van der Waals surface area (Å²) < 4.78 is 3.37. The highest BCUT2D eigenvalue weighted by Crippen LogP contribution is 2.30. The normalized spacial score (nSPS) is 11.0. The molecule has 30 heavy (non-hydrogen) atoms. The van der Waals surface area contributed by atoms with Crippen LogP contribution in [0.2, 0.25) is 0 Å². The zero-order valence-corrected chi connectivity index (χ0v) is 17.1. The number of hydrogen-bond donors (Lipinski definition) is 2. The van der Waals surface area contributed by atoms with Crippen molar-refractivity contribution in [2.24, 2.45) is 0 Å². The Kier molecular flexibility index (Phi) is 4.91. The number of nitrogens with one attached hydrogen (secondary N) is 2. The van der Waals surface area contributed by atoms with Gasteiger partial charge >= 0.3 is 0 Å². The standard InChI is InChI=1S/C24H19N5S/c1-16-8-11-19(12-9-16)30-29-24-23(27-21-6-2-3-7-22(21)28-24)26-18-10-13-20-17(15-18)5-4-14-25-20/h2-15H,1H3,(H,26,27)(H,28,29). The summed E-state index contributed by atoms with van der Waals surface area (Å²) in [7, 11) is 0. The molecule has 5 aromatic rings. The van der Waals surface area contributed by atoms with Crippen molar-refractivity contribution in [1.29, 1.82) is 0 Å². The van der Waals surface area contributed by atoms with Crippen molar-refractivity contribution in [3.8, 4) is 0 Å². The van der Waals surface area contributed by atoms with E-state index in [1.165, 1.54) is 17.5 Å². The first-order valence-electron chi connectivity index (χ1n) is 9.63. The molecule has 0 aliphatic rings. The highest BCUT2D eigenvalue weighted by atomic mass is 32.2. The van der Waals surface area contributed by atoms with Crippen LogP contribution < -0.4 is 10.0 Å². The minimum absolute atomic E-state index is 0.677. The first-order valence-corrected chi connectivity index (χ1v) is 10.4. The first-order chi connectivity index (χ1) is 14.7. The van der Waals surface area contributed by atoms with Crippen LogP contribution in [-0.2, 0) is 0 Å². The van der Waals surface area contributed by atoms with Crippen LogP contribution >= 0.6 is 11.9 Å². The van der Waals surface area contributed by atoms with Crippen molar-refractivity contribution in [2.75, 3.05) is 10.0 Å². The van der Waals surface area contributed by atoms with Crippen LogP contribution in [0.3, 0.4) is 0 Å². The van der Waals surface area contributed by atoms with Gasteiger partial charge in [-0.3, -0.25) is 4.98 Å². The lowest BCUT2D eigenvalue weighted by atomic mass is 10.2. The van der Waals surface area contributed by atoms with Crippen LogP contribution in [0.4, 0.5) is 17.3 Å². The van der Waals surface area contributed by atoms with Crippen LogP contribution in [-0.4, -0.2) is 15.0 Å². The van der Waals surface area contributed by atoms with E-state index in [4.69, 9.17) is 9.97 Å². The fraction of sp³-hybridized carbons (Fsp3) is 0.0417. The summed E-state index contributed by atoms with van der Waals surface area (Å²) in [5.74, 6) is 1.36. The molecule has 2 aromatic heterocycles. The summed E-state index contributed by atoms with van der Waals surface area (Å²) in [6.45, 7) is 2.08. The second-order valence-corrected chi connectivity index (χ2v) is 7.84. The molecule has 0 unspecified atom stereocenters. The number of nitrogens with zero attached hydrogens (tertiary/aromatic N) is 3. The highest BCUT2D eigenvalue weighted by molar-refractivity contribution is 8.00. The van der Waals surface area contributed by atoms with Gasteiger partial charge in [-0.2, -0.15) is 0 Å². The van der Waals surface area contributed by atoms with E-state index in [1.54, 1.807) is 6.20 Å². The van der Waals surface area contributed by atoms with Gasteiger partial charge in [0.1, 0.15) is 0 Å². The topological polar surface area (TPSA) is 62.7 Å². The molecule has 6 heteroatoms. The number of para-hydroxylation sites is 2. The minimum atomic E-state index is 0.677. The molecule has 0 saturated heterocycles. The summed E-state index contributed by atoms with van der Waals surface area (Å²) in [6, 6.07) is 26.3. The monoisotopic (exact) mass is 409 g/mol. The van der Waals surface area contributed by atoms with E-state index >= 15 is 0 Å². The van der Waals surface area contributed by atoms with Gasteiger partial charge in [0.2, 0.25) is 0 Å². The zero-order chi connectivity index (χ0) is 20.3. The highest BCUT2D eigenvalue weighted by Gasteiger charge is 2.10. The van der Waals surface area contributed by atoms with Crippen molar-refractivity contribution in [3.63, 3.8) is 0 Å². The molecule has 5 nitrogen and oxygen atoms in total. The minimum Gasteiger partial charge on any atom is -0.337 e. The van der Waals surface area contributed by atoms with Crippen molar-refractivity contribution >= 4 is 51.2 Å². The van der Waals surface area contributed by atoms with Gasteiger partial charge in [0.25, 0.3) is 0 Å². The summed E-state index contributed by atoms with van der Waals surface area (Å²) >= 11 is 1.52. The lowest BCUT2D eigenvalue weighted by Gasteiger charge is -2.13. The average molecular weight is 410 g/mol. The van der Waals surface area contributed by atoms with E-state index in [-0.39, 0.29) is 0 Å². The lowest BCUT2D eigenvalue weighted by Crippen LogP contribution is -2.02. The Morgan fingerprint density at radius 2 is 1.50 bits per heavy atom. The van der Waals surface area contributed by atoms with Crippen molar-refractivity contribution in [3.05, 3.63) is 90.6 Å². The Bertz CT molecular complexity index is 1330. The number of aryl methyl sites for hydroxylation is 1. The molecular weight excluding hydrogens is 390 g/mol. The van der Waals surface area contributed by atoms with Gasteiger partial charge in [0.05, 0.1) is 16.6 Å². The molecule has 0 saturated carbocycles. The number of anilines is 3. The maximum Gasteiger partial charge on any atom is 0.180 e. The number of fused-ring (bicyclic) bond motifs is 2. The molecule has 2 N–H and O–H groups in total. The molecule has 0 spiro atoms. The van der Waals surface area contributed by atoms with E-state index in [1.807, 2.05) is 48.5 Å². The molecule has 3 aromatic carbocycles. The van der Waals surface area contributed by atoms with Crippen LogP contribution in [0, 0.1) is 6.92 Å². The fourth-order valence-electron chi connectivity index (χ4n) is 3.16. The molecule has 0 amide bonds. The van der Waals surface area contributed by atoms with Gasteiger partial charge in [-0.05, 0) is 67.4 Å². The Hall–Kier alpha value is -3.64.